The van der Waals surface area contributed by atoms with Crippen LogP contribution in [0.15, 0.2) is 0 Å². The van der Waals surface area contributed by atoms with Crippen molar-refractivity contribution in [2.45, 2.75) is 19.1 Å². The van der Waals surface area contributed by atoms with Gasteiger partial charge in [-0.15, -0.1) is 0 Å². The molecule has 1 heterocycles. The molecule has 3 heteroatoms. The first-order valence-corrected chi connectivity index (χ1v) is 3.24. The molecule has 0 bridgehead atoms. The van der Waals surface area contributed by atoms with Gasteiger partial charge in [-0.3, -0.25) is 0 Å². The van der Waals surface area contributed by atoms with Gasteiger partial charge >= 0.3 is 0 Å². The lowest BCUT2D eigenvalue weighted by Gasteiger charge is -2.26. The molecule has 0 aliphatic carbocycles. The highest BCUT2D eigenvalue weighted by atomic mass is 16.6. The largest absolute Gasteiger partial charge is 0.376 e. The predicted molar refractivity (Wildman–Crippen MR) is 34.2 cm³/mol. The lowest BCUT2D eigenvalue weighted by atomic mass is 10.3. The minimum atomic E-state index is 0.144. The Hall–Kier alpha value is -0.120. The van der Waals surface area contributed by atoms with Crippen LogP contribution in [0.3, 0.4) is 0 Å². The molecular weight excluding hydrogens is 118 g/mol. The van der Waals surface area contributed by atoms with E-state index in [1.807, 2.05) is 6.92 Å². The normalized spacial score (nSPS) is 23.3. The summed E-state index contributed by atoms with van der Waals surface area (Å²) >= 11 is 0. The zero-order valence-corrected chi connectivity index (χ0v) is 5.67. The van der Waals surface area contributed by atoms with Crippen LogP contribution in [0.4, 0.5) is 0 Å². The van der Waals surface area contributed by atoms with Gasteiger partial charge in [-0.1, -0.05) is 0 Å². The maximum absolute atomic E-state index is 5.45. The maximum Gasteiger partial charge on any atom is 0.104 e. The van der Waals surface area contributed by atoms with Gasteiger partial charge in [0.05, 0.1) is 19.8 Å². The fourth-order valence-corrected chi connectivity index (χ4v) is 0.598. The minimum Gasteiger partial charge on any atom is -0.376 e. The van der Waals surface area contributed by atoms with Crippen molar-refractivity contribution in [2.24, 2.45) is 5.73 Å². The second kappa shape index (κ2) is 3.15. The van der Waals surface area contributed by atoms with E-state index in [0.29, 0.717) is 12.7 Å². The Morgan fingerprint density at radius 2 is 2.44 bits per heavy atom. The molecule has 3 nitrogen and oxygen atoms in total. The molecule has 1 atom stereocenters. The molecule has 0 aromatic carbocycles. The van der Waals surface area contributed by atoms with Crippen molar-refractivity contribution in [3.8, 4) is 0 Å². The van der Waals surface area contributed by atoms with Gasteiger partial charge in [0, 0.05) is 6.04 Å². The van der Waals surface area contributed by atoms with Crippen molar-refractivity contribution in [1.82, 2.24) is 0 Å². The van der Waals surface area contributed by atoms with Crippen molar-refractivity contribution in [3.63, 3.8) is 0 Å². The van der Waals surface area contributed by atoms with Crippen LogP contribution in [0.5, 0.6) is 0 Å². The molecule has 0 spiro atoms. The number of ether oxygens (including phenoxy) is 2. The number of nitrogens with two attached hydrogens (primary N) is 1. The Kier molecular flexibility index (Phi) is 2.45. The smallest absolute Gasteiger partial charge is 0.104 e. The van der Waals surface area contributed by atoms with Crippen LogP contribution in [-0.2, 0) is 9.47 Å². The third kappa shape index (κ3) is 2.30. The van der Waals surface area contributed by atoms with E-state index in [0.717, 1.165) is 13.2 Å². The average molecular weight is 131 g/mol. The number of rotatable bonds is 3. The monoisotopic (exact) mass is 131 g/mol. The molecule has 1 saturated heterocycles. The maximum atomic E-state index is 5.45. The lowest BCUT2D eigenvalue weighted by molar-refractivity contribution is -0.131. The van der Waals surface area contributed by atoms with Gasteiger partial charge in [-0.05, 0) is 6.92 Å². The number of hydrogen-bond acceptors (Lipinski definition) is 3. The van der Waals surface area contributed by atoms with E-state index in [9.17, 15) is 0 Å². The first-order chi connectivity index (χ1) is 4.29. The topological polar surface area (TPSA) is 44.5 Å². The van der Waals surface area contributed by atoms with Crippen molar-refractivity contribution >= 4 is 0 Å². The second-order valence-corrected chi connectivity index (χ2v) is 2.47. The zero-order valence-electron chi connectivity index (χ0n) is 5.67. The highest BCUT2D eigenvalue weighted by Gasteiger charge is 2.18. The summed E-state index contributed by atoms with van der Waals surface area (Å²) in [6.45, 7) is 4.06. The van der Waals surface area contributed by atoms with E-state index >= 15 is 0 Å². The van der Waals surface area contributed by atoms with Gasteiger partial charge < -0.3 is 15.2 Å². The first kappa shape index (κ1) is 6.99. The Bertz CT molecular complexity index is 81.1. The third-order valence-corrected chi connectivity index (χ3v) is 1.20. The summed E-state index contributed by atoms with van der Waals surface area (Å²) < 4.78 is 10.2. The second-order valence-electron chi connectivity index (χ2n) is 2.47. The standard InChI is InChI=1S/C6H13NO2/c1-5(7)2-9-6-3-8-4-6/h5-6H,2-4,7H2,1H3/t5-/m0/s1. The zero-order chi connectivity index (χ0) is 6.69. The third-order valence-electron chi connectivity index (χ3n) is 1.20. The predicted octanol–water partition coefficient (Wildman–Crippen LogP) is -0.251. The SMILES string of the molecule is C[C@H](N)COC1COC1. The molecule has 0 radical (unpaired) electrons. The van der Waals surface area contributed by atoms with Crippen molar-refractivity contribution in [1.29, 1.82) is 0 Å². The molecule has 1 rings (SSSR count). The fraction of sp³-hybridized carbons (Fsp3) is 1.00. The van der Waals surface area contributed by atoms with Crippen LogP contribution in [0.25, 0.3) is 0 Å². The Morgan fingerprint density at radius 3 is 2.78 bits per heavy atom. The summed E-state index contributed by atoms with van der Waals surface area (Å²) in [6, 6.07) is 0.144. The molecule has 0 unspecified atom stereocenters. The molecule has 0 amide bonds. The van der Waals surface area contributed by atoms with E-state index < -0.39 is 0 Å². The van der Waals surface area contributed by atoms with Gasteiger partial charge in [0.1, 0.15) is 6.10 Å². The Labute approximate surface area is 55.1 Å². The van der Waals surface area contributed by atoms with Crippen LogP contribution in [0.2, 0.25) is 0 Å². The average Bonchev–Trinajstić information content (AvgIpc) is 1.60. The van der Waals surface area contributed by atoms with Crippen LogP contribution >= 0.6 is 0 Å². The quantitative estimate of drug-likeness (QED) is 0.574. The van der Waals surface area contributed by atoms with Crippen molar-refractivity contribution < 1.29 is 9.47 Å². The summed E-state index contributed by atoms with van der Waals surface area (Å²) in [6.07, 6.45) is 0.316. The number of hydrogen-bond donors (Lipinski definition) is 1. The van der Waals surface area contributed by atoms with E-state index in [1.165, 1.54) is 0 Å². The molecular formula is C6H13NO2. The highest BCUT2D eigenvalue weighted by Crippen LogP contribution is 2.04. The summed E-state index contributed by atoms with van der Waals surface area (Å²) in [4.78, 5) is 0. The van der Waals surface area contributed by atoms with Gasteiger partial charge in [-0.2, -0.15) is 0 Å². The van der Waals surface area contributed by atoms with E-state index in [2.05, 4.69) is 0 Å². The molecule has 0 saturated carbocycles. The molecule has 1 aliphatic rings. The van der Waals surface area contributed by atoms with Crippen LogP contribution in [0, 0.1) is 0 Å². The van der Waals surface area contributed by atoms with Crippen LogP contribution < -0.4 is 5.73 Å². The Morgan fingerprint density at radius 1 is 1.78 bits per heavy atom. The highest BCUT2D eigenvalue weighted by molar-refractivity contribution is 4.65. The lowest BCUT2D eigenvalue weighted by Crippen LogP contribution is -2.38. The minimum absolute atomic E-state index is 0.144. The van der Waals surface area contributed by atoms with Gasteiger partial charge in [0.15, 0.2) is 0 Å². The van der Waals surface area contributed by atoms with Gasteiger partial charge in [-0.25, -0.2) is 0 Å². The Balaban J connectivity index is 1.91. The molecule has 0 aromatic rings. The summed E-state index contributed by atoms with van der Waals surface area (Å²) in [5, 5.41) is 0. The van der Waals surface area contributed by atoms with E-state index in [1.54, 1.807) is 0 Å². The molecule has 2 N–H and O–H groups in total. The van der Waals surface area contributed by atoms with Crippen LogP contribution in [0.1, 0.15) is 6.92 Å². The molecule has 1 fully saturated rings. The van der Waals surface area contributed by atoms with E-state index in [4.69, 9.17) is 15.2 Å². The van der Waals surface area contributed by atoms with Gasteiger partial charge in [0.2, 0.25) is 0 Å². The summed E-state index contributed by atoms with van der Waals surface area (Å²) in [5.41, 5.74) is 5.45. The molecule has 9 heavy (non-hydrogen) atoms. The van der Waals surface area contributed by atoms with Crippen LogP contribution in [-0.4, -0.2) is 32.0 Å². The van der Waals surface area contributed by atoms with Crippen molar-refractivity contribution in [2.75, 3.05) is 19.8 Å². The van der Waals surface area contributed by atoms with E-state index in [-0.39, 0.29) is 6.04 Å². The molecule has 0 aromatic heterocycles. The summed E-state index contributed by atoms with van der Waals surface area (Å²) in [5.74, 6) is 0. The van der Waals surface area contributed by atoms with Gasteiger partial charge in [0.25, 0.3) is 0 Å². The first-order valence-electron chi connectivity index (χ1n) is 3.24. The fourth-order valence-electron chi connectivity index (χ4n) is 0.598. The summed E-state index contributed by atoms with van der Waals surface area (Å²) in [7, 11) is 0. The van der Waals surface area contributed by atoms with Crippen molar-refractivity contribution in [3.05, 3.63) is 0 Å². The molecule has 1 aliphatic heterocycles. The molecule has 54 valence electrons.